The average Bonchev–Trinajstić information content (AvgIpc) is 3.38. The smallest absolute Gasteiger partial charge is 0.387 e. The van der Waals surface area contributed by atoms with Crippen LogP contribution in [-0.2, 0) is 16.0 Å². The first-order valence-corrected chi connectivity index (χ1v) is 15.6. The van der Waals surface area contributed by atoms with Crippen LogP contribution < -0.4 is 9.47 Å². The van der Waals surface area contributed by atoms with Crippen molar-refractivity contribution in [1.82, 2.24) is 9.88 Å². The molecule has 3 aromatic rings. The zero-order valence-corrected chi connectivity index (χ0v) is 24.8. The lowest BCUT2D eigenvalue weighted by Gasteiger charge is -2.26. The number of benzene rings is 1. The lowest BCUT2D eigenvalue weighted by Crippen LogP contribution is -2.39. The molecule has 0 spiro atoms. The maximum atomic E-state index is 13.6. The van der Waals surface area contributed by atoms with Gasteiger partial charge in [-0.05, 0) is 53.5 Å². The minimum absolute atomic E-state index is 0.0701. The van der Waals surface area contributed by atoms with Crippen molar-refractivity contribution in [2.24, 2.45) is 5.92 Å². The predicted molar refractivity (Wildman–Crippen MR) is 155 cm³/mol. The lowest BCUT2D eigenvalue weighted by atomic mass is 10.0. The number of ketones is 1. The summed E-state index contributed by atoms with van der Waals surface area (Å²) in [6.45, 7) is -2.04. The van der Waals surface area contributed by atoms with E-state index in [1.807, 2.05) is 11.4 Å². The summed E-state index contributed by atoms with van der Waals surface area (Å²) in [5.41, 5.74) is 0.997. The molecule has 1 unspecified atom stereocenters. The number of pyridine rings is 1. The summed E-state index contributed by atoms with van der Waals surface area (Å²) in [5, 5.41) is 1.72. The van der Waals surface area contributed by atoms with Crippen LogP contribution in [0.25, 0.3) is 0 Å². The molecule has 2 aliphatic rings. The highest BCUT2D eigenvalue weighted by molar-refractivity contribution is 8.00. The number of aromatic nitrogens is 1. The summed E-state index contributed by atoms with van der Waals surface area (Å²) in [6, 6.07) is 8.02. The van der Waals surface area contributed by atoms with Gasteiger partial charge in [-0.15, -0.1) is 23.1 Å². The standard InChI is InChI=1S/C28H26Cl2F2N2O5S2/c29-19-12-33-13-20(30)18(19)11-23(17-5-6-22(39-28(31)32)24(10-17)37-15-16-3-4-16)38-27(36)26-34(7-9-41-26)14-21(35)25-2-1-8-40-25/h1-2,5-6,8,10,12-13,16,23,26,28H,3-4,7,9,11,14-15H2/t23-,26?/m0/s1. The Hall–Kier alpha value is -2.44. The molecule has 5 rings (SSSR count). The van der Waals surface area contributed by atoms with Crippen molar-refractivity contribution in [1.29, 1.82) is 0 Å². The molecule has 2 atom stereocenters. The Morgan fingerprint density at radius 1 is 1.12 bits per heavy atom. The van der Waals surface area contributed by atoms with E-state index < -0.39 is 24.1 Å². The van der Waals surface area contributed by atoms with Crippen LogP contribution in [0.15, 0.2) is 48.1 Å². The van der Waals surface area contributed by atoms with E-state index in [0.29, 0.717) is 50.9 Å². The van der Waals surface area contributed by atoms with E-state index in [0.717, 1.165) is 12.8 Å². The molecular formula is C28H26Cl2F2N2O5S2. The topological polar surface area (TPSA) is 78.0 Å². The first-order valence-electron chi connectivity index (χ1n) is 12.9. The van der Waals surface area contributed by atoms with Gasteiger partial charge in [0, 0.05) is 31.1 Å². The molecule has 13 heteroatoms. The molecule has 218 valence electrons. The maximum absolute atomic E-state index is 13.6. The van der Waals surface area contributed by atoms with Crippen molar-refractivity contribution in [2.45, 2.75) is 37.4 Å². The molecule has 2 aromatic heterocycles. The summed E-state index contributed by atoms with van der Waals surface area (Å²) < 4.78 is 42.8. The SMILES string of the molecule is O=C(CN1CCSC1C(=O)O[C@@H](Cc1c(Cl)cncc1Cl)c1ccc(OC(F)F)c(OCC2CC2)c1)c1cccs1. The van der Waals surface area contributed by atoms with Crippen LogP contribution in [0.3, 0.4) is 0 Å². The number of nitrogens with zero attached hydrogens (tertiary/aromatic N) is 2. The Kier molecular flexibility index (Phi) is 10.0. The van der Waals surface area contributed by atoms with Crippen LogP contribution in [-0.4, -0.2) is 59.1 Å². The van der Waals surface area contributed by atoms with Crippen LogP contribution in [0, 0.1) is 5.92 Å². The molecule has 41 heavy (non-hydrogen) atoms. The quantitative estimate of drug-likeness (QED) is 0.147. The number of carbonyl (C=O) groups is 2. The van der Waals surface area contributed by atoms with E-state index in [2.05, 4.69) is 9.72 Å². The zero-order chi connectivity index (χ0) is 28.9. The van der Waals surface area contributed by atoms with Gasteiger partial charge in [0.1, 0.15) is 6.10 Å². The number of esters is 1. The van der Waals surface area contributed by atoms with E-state index in [4.69, 9.17) is 32.7 Å². The van der Waals surface area contributed by atoms with E-state index in [9.17, 15) is 18.4 Å². The van der Waals surface area contributed by atoms with E-state index in [1.54, 1.807) is 23.1 Å². The summed E-state index contributed by atoms with van der Waals surface area (Å²) in [6.07, 6.45) is 4.09. The van der Waals surface area contributed by atoms with Gasteiger partial charge in [0.2, 0.25) is 0 Å². The van der Waals surface area contributed by atoms with Crippen molar-refractivity contribution in [3.63, 3.8) is 0 Å². The summed E-state index contributed by atoms with van der Waals surface area (Å²) in [4.78, 5) is 32.7. The van der Waals surface area contributed by atoms with E-state index >= 15 is 0 Å². The molecule has 1 saturated heterocycles. The molecule has 7 nitrogen and oxygen atoms in total. The van der Waals surface area contributed by atoms with Crippen molar-refractivity contribution in [3.8, 4) is 11.5 Å². The summed E-state index contributed by atoms with van der Waals surface area (Å²) in [5.74, 6) is 0.428. The number of thiophene rings is 1. The normalized spacial score (nSPS) is 17.9. The van der Waals surface area contributed by atoms with Crippen molar-refractivity contribution in [2.75, 3.05) is 25.4 Å². The molecule has 1 aliphatic heterocycles. The van der Waals surface area contributed by atoms with Gasteiger partial charge in [-0.1, -0.05) is 35.3 Å². The first kappa shape index (κ1) is 30.0. The fraction of sp³-hybridized carbons (Fsp3) is 0.393. The number of rotatable bonds is 13. The number of Topliss-reactive ketones (excluding diaryl/α,β-unsaturated/α-hetero) is 1. The van der Waals surface area contributed by atoms with E-state index in [1.165, 1.54) is 41.6 Å². The van der Waals surface area contributed by atoms with Gasteiger partial charge in [-0.3, -0.25) is 14.7 Å². The highest BCUT2D eigenvalue weighted by Crippen LogP contribution is 2.38. The largest absolute Gasteiger partial charge is 0.489 e. The Balaban J connectivity index is 1.40. The molecule has 3 heterocycles. The molecule has 1 aromatic carbocycles. The molecule has 1 aliphatic carbocycles. The van der Waals surface area contributed by atoms with Crippen molar-refractivity contribution in [3.05, 3.63) is 74.2 Å². The number of hydrogen-bond acceptors (Lipinski definition) is 9. The minimum atomic E-state index is -3.03. The molecule has 2 fully saturated rings. The highest BCUT2D eigenvalue weighted by atomic mass is 35.5. The monoisotopic (exact) mass is 642 g/mol. The number of ether oxygens (including phenoxy) is 3. The predicted octanol–water partition coefficient (Wildman–Crippen LogP) is 6.92. The second kappa shape index (κ2) is 13.7. The van der Waals surface area contributed by atoms with Gasteiger partial charge < -0.3 is 14.2 Å². The first-order chi connectivity index (χ1) is 19.8. The van der Waals surface area contributed by atoms with Crippen molar-refractivity contribution < 1.29 is 32.6 Å². The maximum Gasteiger partial charge on any atom is 0.387 e. The third kappa shape index (κ3) is 7.90. The Labute approximate surface area is 254 Å². The van der Waals surface area contributed by atoms with Gasteiger partial charge in [0.15, 0.2) is 22.7 Å². The van der Waals surface area contributed by atoms with Crippen molar-refractivity contribution >= 4 is 58.1 Å². The molecular weight excluding hydrogens is 617 g/mol. The Morgan fingerprint density at radius 3 is 2.59 bits per heavy atom. The zero-order valence-electron chi connectivity index (χ0n) is 21.6. The van der Waals surface area contributed by atoms with Gasteiger partial charge in [0.25, 0.3) is 0 Å². The van der Waals surface area contributed by atoms with Crippen LogP contribution >= 0.6 is 46.3 Å². The van der Waals surface area contributed by atoms with E-state index in [-0.39, 0.29) is 30.2 Å². The molecule has 1 saturated carbocycles. The lowest BCUT2D eigenvalue weighted by molar-refractivity contribution is -0.151. The highest BCUT2D eigenvalue weighted by Gasteiger charge is 2.36. The fourth-order valence-corrected chi connectivity index (χ4v) is 6.67. The fourth-order valence-electron chi connectivity index (χ4n) is 4.35. The number of thioether (sulfide) groups is 1. The molecule has 0 N–H and O–H groups in total. The summed E-state index contributed by atoms with van der Waals surface area (Å²) >= 11 is 15.5. The number of halogens is 4. The minimum Gasteiger partial charge on any atom is -0.489 e. The number of hydrogen-bond donors (Lipinski definition) is 0. The van der Waals surface area contributed by atoms with Gasteiger partial charge >= 0.3 is 12.6 Å². The molecule has 0 bridgehead atoms. The Bertz CT molecular complexity index is 1360. The third-order valence-corrected chi connectivity index (χ3v) is 9.44. The van der Waals surface area contributed by atoms with Crippen LogP contribution in [0.2, 0.25) is 10.0 Å². The number of carbonyl (C=O) groups excluding carboxylic acids is 2. The molecule has 0 radical (unpaired) electrons. The van der Waals surface area contributed by atoms with Crippen LogP contribution in [0.5, 0.6) is 11.5 Å². The average molecular weight is 644 g/mol. The van der Waals surface area contributed by atoms with Crippen LogP contribution in [0.4, 0.5) is 8.78 Å². The third-order valence-electron chi connectivity index (χ3n) is 6.66. The molecule has 0 amide bonds. The van der Waals surface area contributed by atoms with Crippen LogP contribution in [0.1, 0.15) is 39.7 Å². The second-order valence-corrected chi connectivity index (χ2v) is 12.6. The second-order valence-electron chi connectivity index (χ2n) is 9.64. The summed E-state index contributed by atoms with van der Waals surface area (Å²) in [7, 11) is 0. The van der Waals surface area contributed by atoms with Gasteiger partial charge in [-0.2, -0.15) is 8.78 Å². The van der Waals surface area contributed by atoms with Gasteiger partial charge in [0.05, 0.1) is 28.1 Å². The Morgan fingerprint density at radius 2 is 1.90 bits per heavy atom. The van der Waals surface area contributed by atoms with Gasteiger partial charge in [-0.25, -0.2) is 4.79 Å². The number of alkyl halides is 2.